The van der Waals surface area contributed by atoms with Gasteiger partial charge < -0.3 is 9.80 Å². The van der Waals surface area contributed by atoms with Crippen molar-refractivity contribution in [3.05, 3.63) is 144 Å². The van der Waals surface area contributed by atoms with Gasteiger partial charge in [0.25, 0.3) is 0 Å². The van der Waals surface area contributed by atoms with Crippen LogP contribution < -0.4 is 0 Å². The Balaban J connectivity index is 1.36. The van der Waals surface area contributed by atoms with Crippen LogP contribution in [0.1, 0.15) is 40.5 Å². The Hall–Kier alpha value is -4.18. The average Bonchev–Trinajstić information content (AvgIpc) is 3.22. The van der Waals surface area contributed by atoms with Gasteiger partial charge >= 0.3 is 0 Å². The molecule has 0 bridgehead atoms. The zero-order chi connectivity index (χ0) is 25.5. The maximum absolute atomic E-state index is 13.9. The first-order chi connectivity index (χ1) is 18.2. The summed E-state index contributed by atoms with van der Waals surface area (Å²) < 4.78 is 0. The van der Waals surface area contributed by atoms with Crippen molar-refractivity contribution >= 4 is 11.8 Å². The number of rotatable bonds is 6. The van der Waals surface area contributed by atoms with Gasteiger partial charge in [-0.15, -0.1) is 0 Å². The zero-order valence-electron chi connectivity index (χ0n) is 20.9. The van der Waals surface area contributed by atoms with E-state index in [4.69, 9.17) is 0 Å². The smallest absolute Gasteiger partial charge is 0.234 e. The predicted molar refractivity (Wildman–Crippen MR) is 147 cm³/mol. The van der Waals surface area contributed by atoms with Gasteiger partial charge in [0.15, 0.2) is 0 Å². The minimum atomic E-state index is -0.356. The van der Waals surface area contributed by atoms with Crippen molar-refractivity contribution in [1.82, 2.24) is 9.80 Å². The number of benzene rings is 4. The summed E-state index contributed by atoms with van der Waals surface area (Å²) in [5.74, 6) is -0.527. The Labute approximate surface area is 219 Å². The second-order valence-electron chi connectivity index (χ2n) is 9.51. The molecule has 0 unspecified atom stereocenters. The van der Waals surface area contributed by atoms with Gasteiger partial charge in [0, 0.05) is 26.2 Å². The topological polar surface area (TPSA) is 40.6 Å². The Morgan fingerprint density at radius 3 is 0.973 bits per heavy atom. The molecule has 5 rings (SSSR count). The minimum absolute atomic E-state index is 0.0920. The van der Waals surface area contributed by atoms with E-state index in [1.54, 1.807) is 0 Å². The van der Waals surface area contributed by atoms with Crippen molar-refractivity contribution in [2.24, 2.45) is 0 Å². The van der Waals surface area contributed by atoms with E-state index in [0.29, 0.717) is 26.2 Å². The van der Waals surface area contributed by atoms with Crippen molar-refractivity contribution in [1.29, 1.82) is 0 Å². The van der Waals surface area contributed by atoms with Crippen LogP contribution in [0.3, 0.4) is 0 Å². The molecule has 0 N–H and O–H groups in total. The fourth-order valence-electron chi connectivity index (χ4n) is 5.26. The summed E-state index contributed by atoms with van der Waals surface area (Å²) in [7, 11) is 0. The maximum atomic E-state index is 13.9. The zero-order valence-corrected chi connectivity index (χ0v) is 20.9. The highest BCUT2D eigenvalue weighted by Gasteiger charge is 2.32. The first-order valence-corrected chi connectivity index (χ1v) is 13.0. The van der Waals surface area contributed by atoms with Gasteiger partial charge in [-0.1, -0.05) is 121 Å². The van der Waals surface area contributed by atoms with E-state index in [2.05, 4.69) is 0 Å². The second kappa shape index (κ2) is 11.7. The number of carbonyl (C=O) groups is 2. The Kier molecular flexibility index (Phi) is 7.75. The molecule has 0 aromatic heterocycles. The molecule has 1 fully saturated rings. The molecule has 186 valence electrons. The fraction of sp³-hybridized carbons (Fsp3) is 0.212. The largest absolute Gasteiger partial charge is 0.340 e. The van der Waals surface area contributed by atoms with E-state index < -0.39 is 0 Å². The van der Waals surface area contributed by atoms with Gasteiger partial charge in [0.05, 0.1) is 11.8 Å². The average molecular weight is 489 g/mol. The van der Waals surface area contributed by atoms with E-state index >= 15 is 0 Å². The maximum Gasteiger partial charge on any atom is 0.234 e. The molecule has 4 heteroatoms. The summed E-state index contributed by atoms with van der Waals surface area (Å²) in [5, 5.41) is 0. The molecule has 0 aliphatic carbocycles. The lowest BCUT2D eigenvalue weighted by atomic mass is 9.90. The van der Waals surface area contributed by atoms with E-state index in [1.165, 1.54) is 0 Å². The van der Waals surface area contributed by atoms with Gasteiger partial charge in [-0.2, -0.15) is 0 Å². The van der Waals surface area contributed by atoms with E-state index in [1.807, 2.05) is 131 Å². The SMILES string of the molecule is O=C(C(c1ccccc1)c1ccccc1)N1CCCN(C(=O)C(c2ccccc2)c2ccccc2)CC1. The quantitative estimate of drug-likeness (QED) is 0.349. The normalized spacial score (nSPS) is 14.0. The lowest BCUT2D eigenvalue weighted by molar-refractivity contribution is -0.134. The highest BCUT2D eigenvalue weighted by atomic mass is 16.2. The Morgan fingerprint density at radius 2 is 0.703 bits per heavy atom. The number of carbonyl (C=O) groups excluding carboxylic acids is 2. The molecule has 0 atom stereocenters. The molecule has 1 aliphatic rings. The molecule has 37 heavy (non-hydrogen) atoms. The molecule has 4 aromatic carbocycles. The summed E-state index contributed by atoms with van der Waals surface area (Å²) in [4.78, 5) is 31.7. The minimum Gasteiger partial charge on any atom is -0.340 e. The Bertz CT molecular complexity index is 1110. The highest BCUT2D eigenvalue weighted by Crippen LogP contribution is 2.29. The standard InChI is InChI=1S/C33H32N2O2/c36-32(30(26-14-5-1-6-15-26)27-16-7-2-8-17-27)34-22-13-23-35(25-24-34)33(37)31(28-18-9-3-10-19-28)29-20-11-4-12-21-29/h1-12,14-21,30-31H,13,22-25H2. The van der Waals surface area contributed by atoms with Crippen LogP contribution >= 0.6 is 0 Å². The molecule has 1 heterocycles. The second-order valence-corrected chi connectivity index (χ2v) is 9.51. The molecule has 1 saturated heterocycles. The fourth-order valence-corrected chi connectivity index (χ4v) is 5.26. The molecular formula is C33H32N2O2. The van der Waals surface area contributed by atoms with Crippen LogP contribution in [0.15, 0.2) is 121 Å². The first kappa shape index (κ1) is 24.5. The lowest BCUT2D eigenvalue weighted by Crippen LogP contribution is -2.41. The van der Waals surface area contributed by atoms with Crippen molar-refractivity contribution < 1.29 is 9.59 Å². The Morgan fingerprint density at radius 1 is 0.432 bits per heavy atom. The third-order valence-electron chi connectivity index (χ3n) is 7.14. The van der Waals surface area contributed by atoms with Crippen LogP contribution in [0.2, 0.25) is 0 Å². The summed E-state index contributed by atoms with van der Waals surface area (Å²) in [6, 6.07) is 39.9. The number of nitrogens with zero attached hydrogens (tertiary/aromatic N) is 2. The van der Waals surface area contributed by atoms with Gasteiger partial charge in [-0.05, 0) is 28.7 Å². The van der Waals surface area contributed by atoms with E-state index in [-0.39, 0.29) is 23.7 Å². The van der Waals surface area contributed by atoms with Gasteiger partial charge in [0.1, 0.15) is 0 Å². The summed E-state index contributed by atoms with van der Waals surface area (Å²) in [6.45, 7) is 2.33. The van der Waals surface area contributed by atoms with Crippen LogP contribution in [-0.4, -0.2) is 47.8 Å². The molecule has 2 amide bonds. The number of hydrogen-bond donors (Lipinski definition) is 0. The third-order valence-corrected chi connectivity index (χ3v) is 7.14. The van der Waals surface area contributed by atoms with Gasteiger partial charge in [-0.25, -0.2) is 0 Å². The highest BCUT2D eigenvalue weighted by molar-refractivity contribution is 5.88. The molecular weight excluding hydrogens is 456 g/mol. The molecule has 4 nitrogen and oxygen atoms in total. The monoisotopic (exact) mass is 488 g/mol. The van der Waals surface area contributed by atoms with E-state index in [9.17, 15) is 9.59 Å². The van der Waals surface area contributed by atoms with Gasteiger partial charge in [-0.3, -0.25) is 9.59 Å². The number of hydrogen-bond acceptors (Lipinski definition) is 2. The molecule has 0 radical (unpaired) electrons. The van der Waals surface area contributed by atoms with Gasteiger partial charge in [0.2, 0.25) is 11.8 Å². The summed E-state index contributed by atoms with van der Waals surface area (Å²) in [6.07, 6.45) is 0.754. The van der Waals surface area contributed by atoms with Crippen molar-refractivity contribution in [2.75, 3.05) is 26.2 Å². The first-order valence-electron chi connectivity index (χ1n) is 13.0. The summed E-state index contributed by atoms with van der Waals surface area (Å²) >= 11 is 0. The van der Waals surface area contributed by atoms with E-state index in [0.717, 1.165) is 28.7 Å². The van der Waals surface area contributed by atoms with Crippen molar-refractivity contribution in [3.63, 3.8) is 0 Å². The van der Waals surface area contributed by atoms with Crippen molar-refractivity contribution in [3.8, 4) is 0 Å². The molecule has 1 aliphatic heterocycles. The van der Waals surface area contributed by atoms with Crippen LogP contribution in [0.4, 0.5) is 0 Å². The summed E-state index contributed by atoms with van der Waals surface area (Å²) in [5.41, 5.74) is 3.96. The number of amides is 2. The molecule has 0 saturated carbocycles. The lowest BCUT2D eigenvalue weighted by Gasteiger charge is -2.28. The van der Waals surface area contributed by atoms with Crippen LogP contribution in [-0.2, 0) is 9.59 Å². The van der Waals surface area contributed by atoms with Crippen LogP contribution in [0.25, 0.3) is 0 Å². The molecule has 0 spiro atoms. The third kappa shape index (κ3) is 5.64. The predicted octanol–water partition coefficient (Wildman–Crippen LogP) is 5.71. The van der Waals surface area contributed by atoms with Crippen LogP contribution in [0, 0.1) is 0 Å². The van der Waals surface area contributed by atoms with Crippen molar-refractivity contribution in [2.45, 2.75) is 18.3 Å². The molecule has 4 aromatic rings. The van der Waals surface area contributed by atoms with Crippen LogP contribution in [0.5, 0.6) is 0 Å².